The highest BCUT2D eigenvalue weighted by atomic mass is 32.2. The van der Waals surface area contributed by atoms with E-state index in [9.17, 15) is 13.2 Å². The van der Waals surface area contributed by atoms with E-state index in [0.29, 0.717) is 11.4 Å². The molecule has 0 aliphatic heterocycles. The van der Waals surface area contributed by atoms with Gasteiger partial charge in [0.15, 0.2) is 0 Å². The monoisotopic (exact) mass is 301 g/mol. The molecule has 0 radical (unpaired) electrons. The summed E-state index contributed by atoms with van der Waals surface area (Å²) in [4.78, 5) is 10.6. The summed E-state index contributed by atoms with van der Waals surface area (Å²) in [5, 5.41) is 8.67. The molecule has 1 N–H and O–H groups in total. The second-order valence-electron chi connectivity index (χ2n) is 4.14. The summed E-state index contributed by atoms with van der Waals surface area (Å²) >= 11 is 0. The number of benzene rings is 1. The Labute approximate surface area is 119 Å². The lowest BCUT2D eigenvalue weighted by Crippen LogP contribution is -2.33. The summed E-state index contributed by atoms with van der Waals surface area (Å²) < 4.78 is 30.7. The van der Waals surface area contributed by atoms with Crippen LogP contribution in [0.25, 0.3) is 0 Å². The van der Waals surface area contributed by atoms with Crippen LogP contribution in [0.5, 0.6) is 5.75 Å². The molecule has 0 aromatic heterocycles. The molecule has 0 aliphatic carbocycles. The zero-order valence-electron chi connectivity index (χ0n) is 11.6. The highest BCUT2D eigenvalue weighted by Gasteiger charge is 2.23. The predicted octanol–water partition coefficient (Wildman–Crippen LogP) is 1.72. The average molecular weight is 301 g/mol. The average Bonchev–Trinajstić information content (AvgIpc) is 2.43. The van der Waals surface area contributed by atoms with E-state index in [-0.39, 0.29) is 25.1 Å². The van der Waals surface area contributed by atoms with Crippen molar-refractivity contribution in [1.29, 1.82) is 0 Å². The Balaban J connectivity index is 3.07. The second kappa shape index (κ2) is 7.14. The molecule has 6 nitrogen and oxygen atoms in total. The molecule has 0 amide bonds. The van der Waals surface area contributed by atoms with Crippen molar-refractivity contribution in [3.05, 3.63) is 24.3 Å². The van der Waals surface area contributed by atoms with E-state index in [2.05, 4.69) is 0 Å². The molecule has 20 heavy (non-hydrogen) atoms. The lowest BCUT2D eigenvalue weighted by molar-refractivity contribution is -0.137. The number of sulfonamides is 1. The normalized spacial score (nSPS) is 11.1. The molecule has 0 bridgehead atoms. The van der Waals surface area contributed by atoms with E-state index < -0.39 is 16.0 Å². The van der Waals surface area contributed by atoms with Gasteiger partial charge < -0.3 is 9.84 Å². The largest absolute Gasteiger partial charge is 0.495 e. The van der Waals surface area contributed by atoms with Crippen LogP contribution in [0.1, 0.15) is 19.8 Å². The van der Waals surface area contributed by atoms with Gasteiger partial charge in [-0.1, -0.05) is 12.1 Å². The fourth-order valence-corrected chi connectivity index (χ4v) is 2.94. The molecule has 0 spiro atoms. The van der Waals surface area contributed by atoms with Crippen molar-refractivity contribution in [1.82, 2.24) is 0 Å². The first-order valence-electron chi connectivity index (χ1n) is 6.27. The maximum atomic E-state index is 12.2. The van der Waals surface area contributed by atoms with Gasteiger partial charge in [-0.05, 0) is 25.5 Å². The lowest BCUT2D eigenvalue weighted by atomic mass is 10.2. The van der Waals surface area contributed by atoms with Gasteiger partial charge in [-0.2, -0.15) is 0 Å². The van der Waals surface area contributed by atoms with E-state index in [1.807, 2.05) is 0 Å². The van der Waals surface area contributed by atoms with Crippen molar-refractivity contribution in [2.75, 3.05) is 23.7 Å². The van der Waals surface area contributed by atoms with Crippen molar-refractivity contribution in [3.8, 4) is 5.75 Å². The third kappa shape index (κ3) is 4.12. The number of methoxy groups -OCH3 is 1. The van der Waals surface area contributed by atoms with E-state index in [1.165, 1.54) is 11.4 Å². The molecular weight excluding hydrogens is 282 g/mol. The standard InChI is InChI=1S/C13H19NO5S/c1-3-20(17,18)14(10-6-9-13(15)16)11-7-4-5-8-12(11)19-2/h4-5,7-8H,3,6,9-10H2,1-2H3,(H,15,16). The third-order valence-electron chi connectivity index (χ3n) is 2.81. The minimum absolute atomic E-state index is 0.0574. The molecule has 7 heteroatoms. The summed E-state index contributed by atoms with van der Waals surface area (Å²) in [6, 6.07) is 6.78. The molecule has 0 unspecified atom stereocenters. The molecule has 1 rings (SSSR count). The first kappa shape index (κ1) is 16.3. The van der Waals surface area contributed by atoms with Crippen LogP contribution in [0.3, 0.4) is 0 Å². The highest BCUT2D eigenvalue weighted by Crippen LogP contribution is 2.30. The first-order chi connectivity index (χ1) is 9.42. The van der Waals surface area contributed by atoms with Crippen molar-refractivity contribution in [3.63, 3.8) is 0 Å². The van der Waals surface area contributed by atoms with Crippen LogP contribution in [0, 0.1) is 0 Å². The molecule has 1 aromatic carbocycles. The Kier molecular flexibility index (Phi) is 5.82. The number of ether oxygens (including phenoxy) is 1. The number of hydrogen-bond acceptors (Lipinski definition) is 4. The van der Waals surface area contributed by atoms with Crippen LogP contribution in [0.2, 0.25) is 0 Å². The Morgan fingerprint density at radius 3 is 2.55 bits per heavy atom. The molecule has 0 fully saturated rings. The fourth-order valence-electron chi connectivity index (χ4n) is 1.77. The summed E-state index contributed by atoms with van der Waals surface area (Å²) in [5.74, 6) is -0.559. The van der Waals surface area contributed by atoms with Crippen LogP contribution >= 0.6 is 0 Å². The van der Waals surface area contributed by atoms with Crippen LogP contribution in [0.15, 0.2) is 24.3 Å². The summed E-state index contributed by atoms with van der Waals surface area (Å²) in [6.07, 6.45) is 0.164. The summed E-state index contributed by atoms with van der Waals surface area (Å²) in [5.41, 5.74) is 0.433. The first-order valence-corrected chi connectivity index (χ1v) is 7.88. The highest BCUT2D eigenvalue weighted by molar-refractivity contribution is 7.92. The van der Waals surface area contributed by atoms with E-state index in [0.717, 1.165) is 0 Å². The Bertz CT molecular complexity index is 556. The zero-order chi connectivity index (χ0) is 15.2. The third-order valence-corrected chi connectivity index (χ3v) is 4.59. The number of aliphatic carboxylic acids is 1. The van der Waals surface area contributed by atoms with E-state index >= 15 is 0 Å². The Morgan fingerprint density at radius 2 is 2.00 bits per heavy atom. The van der Waals surface area contributed by atoms with Crippen molar-refractivity contribution in [2.45, 2.75) is 19.8 Å². The van der Waals surface area contributed by atoms with Crippen molar-refractivity contribution >= 4 is 21.7 Å². The van der Waals surface area contributed by atoms with Crippen LogP contribution < -0.4 is 9.04 Å². The van der Waals surface area contributed by atoms with Gasteiger partial charge in [0.2, 0.25) is 10.0 Å². The van der Waals surface area contributed by atoms with Crippen molar-refractivity contribution in [2.24, 2.45) is 0 Å². The molecule has 112 valence electrons. The number of para-hydroxylation sites is 2. The SMILES string of the molecule is CCS(=O)(=O)N(CCCC(=O)O)c1ccccc1OC. The molecule has 1 aromatic rings. The minimum Gasteiger partial charge on any atom is -0.495 e. The molecule has 0 aliphatic rings. The number of nitrogens with zero attached hydrogens (tertiary/aromatic N) is 1. The van der Waals surface area contributed by atoms with Gasteiger partial charge in [0.25, 0.3) is 0 Å². The van der Waals surface area contributed by atoms with Crippen molar-refractivity contribution < 1.29 is 23.1 Å². The van der Waals surface area contributed by atoms with E-state index in [4.69, 9.17) is 9.84 Å². The van der Waals surface area contributed by atoms with Gasteiger partial charge in [0.1, 0.15) is 5.75 Å². The van der Waals surface area contributed by atoms with Gasteiger partial charge in [-0.3, -0.25) is 9.10 Å². The van der Waals surface area contributed by atoms with Crippen LogP contribution in [0.4, 0.5) is 5.69 Å². The maximum Gasteiger partial charge on any atom is 0.303 e. The smallest absolute Gasteiger partial charge is 0.303 e. The second-order valence-corrected chi connectivity index (χ2v) is 6.32. The lowest BCUT2D eigenvalue weighted by Gasteiger charge is -2.25. The number of rotatable bonds is 8. The zero-order valence-corrected chi connectivity index (χ0v) is 12.4. The number of hydrogen-bond donors (Lipinski definition) is 1. The molecule has 0 atom stereocenters. The van der Waals surface area contributed by atoms with Gasteiger partial charge in [0, 0.05) is 13.0 Å². The summed E-state index contributed by atoms with van der Waals surface area (Å²) in [7, 11) is -2.02. The quantitative estimate of drug-likeness (QED) is 0.790. The number of carboxylic acids is 1. The predicted molar refractivity (Wildman–Crippen MR) is 76.7 cm³/mol. The van der Waals surface area contributed by atoms with Gasteiger partial charge in [-0.15, -0.1) is 0 Å². The molecule has 0 saturated carbocycles. The van der Waals surface area contributed by atoms with Crippen LogP contribution in [-0.2, 0) is 14.8 Å². The molecule has 0 saturated heterocycles. The molecule has 0 heterocycles. The summed E-state index contributed by atoms with van der Waals surface area (Å²) in [6.45, 7) is 1.66. The Morgan fingerprint density at radius 1 is 1.35 bits per heavy atom. The number of carboxylic acid groups (broad SMARTS) is 1. The Hall–Kier alpha value is -1.76. The van der Waals surface area contributed by atoms with Gasteiger partial charge >= 0.3 is 5.97 Å². The minimum atomic E-state index is -3.48. The maximum absolute atomic E-state index is 12.2. The molecular formula is C13H19NO5S. The van der Waals surface area contributed by atoms with E-state index in [1.54, 1.807) is 31.2 Å². The van der Waals surface area contributed by atoms with Gasteiger partial charge in [0.05, 0.1) is 18.6 Å². The number of carbonyl (C=O) groups is 1. The fraction of sp³-hybridized carbons (Fsp3) is 0.462. The van der Waals surface area contributed by atoms with Gasteiger partial charge in [-0.25, -0.2) is 8.42 Å². The number of anilines is 1. The van der Waals surface area contributed by atoms with Crippen LogP contribution in [-0.4, -0.2) is 38.9 Å². The topological polar surface area (TPSA) is 83.9 Å².